The second-order valence-corrected chi connectivity index (χ2v) is 5.72. The summed E-state index contributed by atoms with van der Waals surface area (Å²) in [6.07, 6.45) is 2.46. The van der Waals surface area contributed by atoms with Gasteiger partial charge in [0.05, 0.1) is 5.75 Å². The van der Waals surface area contributed by atoms with Gasteiger partial charge in [0.2, 0.25) is 10.0 Å². The van der Waals surface area contributed by atoms with E-state index in [0.29, 0.717) is 13.0 Å². The first kappa shape index (κ1) is 13.2. The van der Waals surface area contributed by atoms with Crippen LogP contribution in [-0.4, -0.2) is 38.8 Å². The quantitative estimate of drug-likeness (QED) is 0.641. The van der Waals surface area contributed by atoms with Gasteiger partial charge in [0, 0.05) is 11.8 Å². The van der Waals surface area contributed by atoms with Crippen LogP contribution in [0.25, 0.3) is 0 Å². The number of thioether (sulfide) groups is 1. The molecule has 0 fully saturated rings. The van der Waals surface area contributed by atoms with Crippen molar-refractivity contribution in [3.05, 3.63) is 0 Å². The Balaban J connectivity index is 3.87. The van der Waals surface area contributed by atoms with E-state index in [-0.39, 0.29) is 11.8 Å². The van der Waals surface area contributed by atoms with Gasteiger partial charge < -0.3 is 5.73 Å². The molecule has 0 aliphatic heterocycles. The molecule has 0 heterocycles. The monoisotopic (exact) mass is 226 g/mol. The van der Waals surface area contributed by atoms with E-state index in [0.717, 1.165) is 5.75 Å². The van der Waals surface area contributed by atoms with Crippen molar-refractivity contribution in [2.45, 2.75) is 19.4 Å². The summed E-state index contributed by atoms with van der Waals surface area (Å²) < 4.78 is 25.2. The highest BCUT2D eigenvalue weighted by molar-refractivity contribution is 7.98. The lowest BCUT2D eigenvalue weighted by molar-refractivity contribution is 0.568. The molecule has 0 aliphatic carbocycles. The number of nitrogens with two attached hydrogens (primary N) is 1. The third kappa shape index (κ3) is 7.30. The molecule has 1 atom stereocenters. The maximum absolute atomic E-state index is 11.3. The Morgan fingerprint density at radius 3 is 2.62 bits per heavy atom. The first-order chi connectivity index (χ1) is 6.02. The topological polar surface area (TPSA) is 72.2 Å². The number of sulfonamides is 1. The minimum atomic E-state index is -3.11. The second kappa shape index (κ2) is 6.64. The molecule has 0 aromatic carbocycles. The largest absolute Gasteiger partial charge is 0.330 e. The Labute approximate surface area is 84.7 Å². The summed E-state index contributed by atoms with van der Waals surface area (Å²) in [7, 11) is -3.11. The van der Waals surface area contributed by atoms with Crippen LogP contribution in [-0.2, 0) is 10.0 Å². The van der Waals surface area contributed by atoms with Crippen molar-refractivity contribution < 1.29 is 8.42 Å². The first-order valence-corrected chi connectivity index (χ1v) is 7.25. The molecule has 0 bridgehead atoms. The van der Waals surface area contributed by atoms with Gasteiger partial charge in [-0.2, -0.15) is 11.8 Å². The van der Waals surface area contributed by atoms with Gasteiger partial charge in [-0.1, -0.05) is 0 Å². The van der Waals surface area contributed by atoms with Crippen LogP contribution in [0.3, 0.4) is 0 Å². The molecule has 0 amide bonds. The maximum atomic E-state index is 11.3. The van der Waals surface area contributed by atoms with E-state index in [1.165, 1.54) is 0 Å². The highest BCUT2D eigenvalue weighted by Crippen LogP contribution is 1.98. The lowest BCUT2D eigenvalue weighted by atomic mass is 10.4. The Bertz CT molecular complexity index is 217. The van der Waals surface area contributed by atoms with Gasteiger partial charge >= 0.3 is 0 Å². The summed E-state index contributed by atoms with van der Waals surface area (Å²) in [5.74, 6) is 0.921. The minimum Gasteiger partial charge on any atom is -0.330 e. The maximum Gasteiger partial charge on any atom is 0.211 e. The van der Waals surface area contributed by atoms with Crippen molar-refractivity contribution in [2.24, 2.45) is 5.73 Å². The van der Waals surface area contributed by atoms with Crippen molar-refractivity contribution in [3.63, 3.8) is 0 Å². The lowest BCUT2D eigenvalue weighted by Gasteiger charge is -2.12. The van der Waals surface area contributed by atoms with Gasteiger partial charge in [-0.15, -0.1) is 0 Å². The number of nitrogens with one attached hydrogen (secondary N) is 1. The number of hydrogen-bond donors (Lipinski definition) is 2. The van der Waals surface area contributed by atoms with E-state index in [2.05, 4.69) is 4.72 Å². The van der Waals surface area contributed by atoms with Crippen molar-refractivity contribution in [1.82, 2.24) is 4.72 Å². The zero-order valence-electron chi connectivity index (χ0n) is 8.12. The van der Waals surface area contributed by atoms with Crippen molar-refractivity contribution in [2.75, 3.05) is 24.3 Å². The van der Waals surface area contributed by atoms with Gasteiger partial charge in [-0.25, -0.2) is 13.1 Å². The van der Waals surface area contributed by atoms with Crippen LogP contribution in [0, 0.1) is 0 Å². The summed E-state index contributed by atoms with van der Waals surface area (Å²) >= 11 is 1.62. The van der Waals surface area contributed by atoms with Gasteiger partial charge in [0.15, 0.2) is 0 Å². The molecular formula is C7H18N2O2S2. The van der Waals surface area contributed by atoms with E-state index >= 15 is 0 Å². The molecule has 13 heavy (non-hydrogen) atoms. The third-order valence-corrected chi connectivity index (χ3v) is 3.84. The highest BCUT2D eigenvalue weighted by Gasteiger charge is 2.12. The predicted octanol–water partition coefficient (Wildman–Crippen LogP) is 0.00610. The van der Waals surface area contributed by atoms with Crippen LogP contribution >= 0.6 is 11.8 Å². The zero-order valence-corrected chi connectivity index (χ0v) is 9.75. The van der Waals surface area contributed by atoms with Gasteiger partial charge in [-0.05, 0) is 26.1 Å². The molecular weight excluding hydrogens is 208 g/mol. The van der Waals surface area contributed by atoms with Crippen molar-refractivity contribution >= 4 is 21.8 Å². The van der Waals surface area contributed by atoms with Crippen LogP contribution in [0.5, 0.6) is 0 Å². The zero-order chi connectivity index (χ0) is 10.3. The normalized spacial score (nSPS) is 14.4. The fraction of sp³-hybridized carbons (Fsp3) is 1.00. The average Bonchev–Trinajstić information content (AvgIpc) is 2.00. The molecule has 0 spiro atoms. The summed E-state index contributed by atoms with van der Waals surface area (Å²) in [5, 5.41) is 0. The SMILES string of the molecule is CSCC(C)NS(=O)(=O)CCCN. The van der Waals surface area contributed by atoms with E-state index in [1.54, 1.807) is 11.8 Å². The Morgan fingerprint density at radius 1 is 1.54 bits per heavy atom. The molecule has 0 aliphatic rings. The Kier molecular flexibility index (Phi) is 6.75. The van der Waals surface area contributed by atoms with Gasteiger partial charge in [-0.3, -0.25) is 0 Å². The standard InChI is InChI=1S/C7H18N2O2S2/c1-7(6-12-2)9-13(10,11)5-3-4-8/h7,9H,3-6,8H2,1-2H3. The summed E-state index contributed by atoms with van der Waals surface area (Å²) in [6, 6.07) is -0.00206. The minimum absolute atomic E-state index is 0.00206. The number of rotatable bonds is 7. The van der Waals surface area contributed by atoms with Crippen molar-refractivity contribution in [3.8, 4) is 0 Å². The van der Waals surface area contributed by atoms with E-state index in [4.69, 9.17) is 5.73 Å². The fourth-order valence-electron chi connectivity index (χ4n) is 0.923. The predicted molar refractivity (Wildman–Crippen MR) is 58.4 cm³/mol. The summed E-state index contributed by atoms with van der Waals surface area (Å²) in [6.45, 7) is 2.27. The number of hydrogen-bond acceptors (Lipinski definition) is 4. The molecule has 0 radical (unpaired) electrons. The second-order valence-electron chi connectivity index (χ2n) is 2.94. The van der Waals surface area contributed by atoms with Crippen LogP contribution in [0.2, 0.25) is 0 Å². The van der Waals surface area contributed by atoms with E-state index in [9.17, 15) is 8.42 Å². The molecule has 0 aromatic heterocycles. The van der Waals surface area contributed by atoms with Gasteiger partial charge in [0.1, 0.15) is 0 Å². The molecule has 1 unspecified atom stereocenters. The van der Waals surface area contributed by atoms with Crippen LogP contribution in [0.4, 0.5) is 0 Å². The van der Waals surface area contributed by atoms with Crippen LogP contribution < -0.4 is 10.5 Å². The molecule has 0 saturated carbocycles. The lowest BCUT2D eigenvalue weighted by Crippen LogP contribution is -2.36. The van der Waals surface area contributed by atoms with Crippen LogP contribution in [0.1, 0.15) is 13.3 Å². The molecule has 80 valence electrons. The molecule has 0 rings (SSSR count). The summed E-state index contributed by atoms with van der Waals surface area (Å²) in [5.41, 5.74) is 5.23. The molecule has 4 nitrogen and oxygen atoms in total. The highest BCUT2D eigenvalue weighted by atomic mass is 32.2. The van der Waals surface area contributed by atoms with Crippen molar-refractivity contribution in [1.29, 1.82) is 0 Å². The van der Waals surface area contributed by atoms with Gasteiger partial charge in [0.25, 0.3) is 0 Å². The Morgan fingerprint density at radius 2 is 2.15 bits per heavy atom. The molecule has 6 heteroatoms. The fourth-order valence-corrected chi connectivity index (χ4v) is 2.97. The average molecular weight is 226 g/mol. The van der Waals surface area contributed by atoms with E-state index < -0.39 is 10.0 Å². The third-order valence-electron chi connectivity index (χ3n) is 1.41. The Hall–Kier alpha value is 0.220. The first-order valence-electron chi connectivity index (χ1n) is 4.21. The molecule has 3 N–H and O–H groups in total. The summed E-state index contributed by atoms with van der Waals surface area (Å²) in [4.78, 5) is 0. The smallest absolute Gasteiger partial charge is 0.211 e. The van der Waals surface area contributed by atoms with E-state index in [1.807, 2.05) is 13.2 Å². The molecule has 0 aromatic rings. The molecule has 0 saturated heterocycles. The van der Waals surface area contributed by atoms with Crippen LogP contribution in [0.15, 0.2) is 0 Å².